The van der Waals surface area contributed by atoms with E-state index in [0.717, 1.165) is 10.0 Å². The third kappa shape index (κ3) is 2.17. The minimum atomic E-state index is -0.399. The topological polar surface area (TPSA) is 64.9 Å². The van der Waals surface area contributed by atoms with Gasteiger partial charge >= 0.3 is 6.03 Å². The minimum absolute atomic E-state index is 0.290. The summed E-state index contributed by atoms with van der Waals surface area (Å²) in [4.78, 5) is 11.4. The number of allylic oxidation sites excluding steroid dienone is 1. The molecule has 17 heavy (non-hydrogen) atoms. The first kappa shape index (κ1) is 11.7. The Balaban J connectivity index is 2.51. The molecule has 86 valence electrons. The number of carbonyl (C=O) groups is 1. The molecule has 0 aromatic heterocycles. The first-order chi connectivity index (χ1) is 8.13. The van der Waals surface area contributed by atoms with Gasteiger partial charge in [0.25, 0.3) is 0 Å². The molecule has 0 spiro atoms. The second-order valence-electron chi connectivity index (χ2n) is 3.70. The smallest absolute Gasteiger partial charge is 0.319 e. The summed E-state index contributed by atoms with van der Waals surface area (Å²) in [6, 6.07) is 8.97. The number of carbonyl (C=O) groups excluding carboxylic acids is 1. The standard InChI is InChI=1S/C12H10BrN3O/c1-7-9(6-14)11(16-12(17)15-7)8-4-2-3-5-10(8)13/h2-5,11H,1H3,(H2,15,16,17). The van der Waals surface area contributed by atoms with Crippen LogP contribution in [0, 0.1) is 11.3 Å². The Kier molecular flexibility index (Phi) is 3.16. The van der Waals surface area contributed by atoms with Gasteiger partial charge in [-0.3, -0.25) is 0 Å². The van der Waals surface area contributed by atoms with Crippen molar-refractivity contribution in [2.45, 2.75) is 13.0 Å². The highest BCUT2D eigenvalue weighted by molar-refractivity contribution is 9.10. The Bertz CT molecular complexity index is 545. The van der Waals surface area contributed by atoms with Crippen molar-refractivity contribution >= 4 is 22.0 Å². The van der Waals surface area contributed by atoms with Crippen LogP contribution in [-0.4, -0.2) is 6.03 Å². The number of urea groups is 1. The largest absolute Gasteiger partial charge is 0.326 e. The maximum atomic E-state index is 11.4. The zero-order valence-corrected chi connectivity index (χ0v) is 10.7. The van der Waals surface area contributed by atoms with E-state index in [2.05, 4.69) is 32.6 Å². The Morgan fingerprint density at radius 1 is 1.41 bits per heavy atom. The molecule has 2 rings (SSSR count). The lowest BCUT2D eigenvalue weighted by Crippen LogP contribution is -2.43. The summed E-state index contributed by atoms with van der Waals surface area (Å²) in [6.45, 7) is 1.72. The molecule has 0 bridgehead atoms. The van der Waals surface area contributed by atoms with E-state index in [4.69, 9.17) is 5.26 Å². The van der Waals surface area contributed by atoms with Crippen molar-refractivity contribution in [2.24, 2.45) is 0 Å². The van der Waals surface area contributed by atoms with Gasteiger partial charge in [-0.05, 0) is 18.6 Å². The average Bonchev–Trinajstić information content (AvgIpc) is 2.28. The van der Waals surface area contributed by atoms with E-state index in [0.29, 0.717) is 11.3 Å². The number of halogens is 1. The number of nitrogens with zero attached hydrogens (tertiary/aromatic N) is 1. The molecule has 0 saturated carbocycles. The molecule has 0 fully saturated rings. The van der Waals surface area contributed by atoms with E-state index in [9.17, 15) is 4.79 Å². The first-order valence-electron chi connectivity index (χ1n) is 5.06. The molecule has 1 aromatic rings. The number of nitrogens with one attached hydrogen (secondary N) is 2. The lowest BCUT2D eigenvalue weighted by Gasteiger charge is -2.26. The molecule has 1 unspecified atom stereocenters. The van der Waals surface area contributed by atoms with Gasteiger partial charge in [-0.25, -0.2) is 4.79 Å². The van der Waals surface area contributed by atoms with Crippen LogP contribution >= 0.6 is 15.9 Å². The van der Waals surface area contributed by atoms with E-state index in [1.54, 1.807) is 6.92 Å². The van der Waals surface area contributed by atoms with Gasteiger partial charge in [0.1, 0.15) is 0 Å². The Hall–Kier alpha value is -1.80. The zero-order chi connectivity index (χ0) is 12.4. The van der Waals surface area contributed by atoms with Gasteiger partial charge in [0, 0.05) is 10.2 Å². The molecule has 1 aliphatic heterocycles. The average molecular weight is 292 g/mol. The summed E-state index contributed by atoms with van der Waals surface area (Å²) < 4.78 is 0.868. The number of benzene rings is 1. The molecule has 1 heterocycles. The second-order valence-corrected chi connectivity index (χ2v) is 4.56. The summed E-state index contributed by atoms with van der Waals surface area (Å²) in [6.07, 6.45) is 0. The Morgan fingerprint density at radius 2 is 2.12 bits per heavy atom. The van der Waals surface area contributed by atoms with Gasteiger partial charge in [-0.2, -0.15) is 5.26 Å². The highest BCUT2D eigenvalue weighted by Crippen LogP contribution is 2.30. The lowest BCUT2D eigenvalue weighted by atomic mass is 9.97. The number of hydrogen-bond donors (Lipinski definition) is 2. The lowest BCUT2D eigenvalue weighted by molar-refractivity contribution is 0.239. The van der Waals surface area contributed by atoms with Gasteiger partial charge in [-0.15, -0.1) is 0 Å². The van der Waals surface area contributed by atoms with Crippen molar-refractivity contribution in [3.05, 3.63) is 45.6 Å². The molecular weight excluding hydrogens is 282 g/mol. The summed E-state index contributed by atoms with van der Waals surface area (Å²) in [5, 5.41) is 14.5. The van der Waals surface area contributed by atoms with Gasteiger partial charge in [-0.1, -0.05) is 34.1 Å². The first-order valence-corrected chi connectivity index (χ1v) is 5.85. The molecule has 0 radical (unpaired) electrons. The molecule has 0 aliphatic carbocycles. The van der Waals surface area contributed by atoms with Crippen LogP contribution in [0.2, 0.25) is 0 Å². The number of nitriles is 1. The molecule has 1 aliphatic rings. The van der Waals surface area contributed by atoms with Crippen LogP contribution in [0.3, 0.4) is 0 Å². The molecule has 1 atom stereocenters. The summed E-state index contributed by atoms with van der Waals surface area (Å²) in [7, 11) is 0. The van der Waals surface area contributed by atoms with E-state index >= 15 is 0 Å². The number of rotatable bonds is 1. The Labute approximate surface area is 107 Å². The van der Waals surface area contributed by atoms with Crippen LogP contribution in [0.4, 0.5) is 4.79 Å². The molecule has 2 amide bonds. The molecule has 1 aromatic carbocycles. The highest BCUT2D eigenvalue weighted by Gasteiger charge is 2.27. The Morgan fingerprint density at radius 3 is 2.76 bits per heavy atom. The number of hydrogen-bond acceptors (Lipinski definition) is 2. The van der Waals surface area contributed by atoms with Gasteiger partial charge in [0.05, 0.1) is 17.7 Å². The third-order valence-electron chi connectivity index (χ3n) is 2.61. The van der Waals surface area contributed by atoms with E-state index in [1.807, 2.05) is 24.3 Å². The van der Waals surface area contributed by atoms with Crippen LogP contribution in [0.1, 0.15) is 18.5 Å². The van der Waals surface area contributed by atoms with Crippen LogP contribution in [-0.2, 0) is 0 Å². The minimum Gasteiger partial charge on any atom is -0.326 e. The molecule has 5 heteroatoms. The van der Waals surface area contributed by atoms with Crippen molar-refractivity contribution in [3.63, 3.8) is 0 Å². The van der Waals surface area contributed by atoms with Crippen molar-refractivity contribution in [3.8, 4) is 6.07 Å². The van der Waals surface area contributed by atoms with Crippen LogP contribution < -0.4 is 10.6 Å². The van der Waals surface area contributed by atoms with Crippen LogP contribution in [0.5, 0.6) is 0 Å². The molecule has 0 saturated heterocycles. The number of amides is 2. The van der Waals surface area contributed by atoms with E-state index < -0.39 is 6.04 Å². The summed E-state index contributed by atoms with van der Waals surface area (Å²) in [5.41, 5.74) is 1.99. The maximum absolute atomic E-state index is 11.4. The quantitative estimate of drug-likeness (QED) is 0.835. The second kappa shape index (κ2) is 4.60. The normalized spacial score (nSPS) is 19.4. The fourth-order valence-electron chi connectivity index (χ4n) is 1.78. The summed E-state index contributed by atoms with van der Waals surface area (Å²) in [5.74, 6) is 0. The predicted molar refractivity (Wildman–Crippen MR) is 66.9 cm³/mol. The molecular formula is C12H10BrN3O. The van der Waals surface area contributed by atoms with Crippen molar-refractivity contribution in [1.82, 2.24) is 10.6 Å². The monoisotopic (exact) mass is 291 g/mol. The van der Waals surface area contributed by atoms with Crippen LogP contribution in [0.25, 0.3) is 0 Å². The maximum Gasteiger partial charge on any atom is 0.319 e. The van der Waals surface area contributed by atoms with Gasteiger partial charge in [0.15, 0.2) is 0 Å². The SMILES string of the molecule is CC1=C(C#N)C(c2ccccc2Br)NC(=O)N1. The van der Waals surface area contributed by atoms with E-state index in [-0.39, 0.29) is 6.03 Å². The van der Waals surface area contributed by atoms with Crippen LogP contribution in [0.15, 0.2) is 40.0 Å². The van der Waals surface area contributed by atoms with Crippen molar-refractivity contribution in [1.29, 1.82) is 5.26 Å². The third-order valence-corrected chi connectivity index (χ3v) is 3.33. The fraction of sp³-hybridized carbons (Fsp3) is 0.167. The van der Waals surface area contributed by atoms with Gasteiger partial charge in [0.2, 0.25) is 0 Å². The van der Waals surface area contributed by atoms with Crippen molar-refractivity contribution in [2.75, 3.05) is 0 Å². The van der Waals surface area contributed by atoms with Gasteiger partial charge < -0.3 is 10.6 Å². The molecule has 4 nitrogen and oxygen atoms in total. The summed E-state index contributed by atoms with van der Waals surface area (Å²) >= 11 is 3.42. The van der Waals surface area contributed by atoms with E-state index in [1.165, 1.54) is 0 Å². The fourth-order valence-corrected chi connectivity index (χ4v) is 2.30. The predicted octanol–water partition coefficient (Wildman–Crippen LogP) is 2.60. The highest BCUT2D eigenvalue weighted by atomic mass is 79.9. The zero-order valence-electron chi connectivity index (χ0n) is 9.12. The molecule has 2 N–H and O–H groups in total. The van der Waals surface area contributed by atoms with Crippen molar-refractivity contribution < 1.29 is 4.79 Å².